The summed E-state index contributed by atoms with van der Waals surface area (Å²) < 4.78 is 7.80. The fourth-order valence-corrected chi connectivity index (χ4v) is 3.59. The molecule has 6 nitrogen and oxygen atoms in total. The first-order valence-electron chi connectivity index (χ1n) is 9.30. The summed E-state index contributed by atoms with van der Waals surface area (Å²) in [5, 5.41) is 7.77. The molecule has 1 aliphatic carbocycles. The van der Waals surface area contributed by atoms with Crippen molar-refractivity contribution in [1.29, 1.82) is 0 Å². The van der Waals surface area contributed by atoms with Crippen LogP contribution in [0.2, 0.25) is 0 Å². The van der Waals surface area contributed by atoms with E-state index in [1.165, 1.54) is 5.56 Å². The van der Waals surface area contributed by atoms with Crippen LogP contribution in [0.5, 0.6) is 0 Å². The maximum absolute atomic E-state index is 12.4. The number of nitrogens with one attached hydrogen (secondary N) is 1. The van der Waals surface area contributed by atoms with Crippen molar-refractivity contribution in [3.63, 3.8) is 0 Å². The van der Waals surface area contributed by atoms with E-state index in [-0.39, 0.29) is 17.9 Å². The van der Waals surface area contributed by atoms with E-state index in [1.54, 1.807) is 6.20 Å². The highest BCUT2D eigenvalue weighted by molar-refractivity contribution is 5.79. The third-order valence-corrected chi connectivity index (χ3v) is 5.02. The molecule has 2 aromatic rings. The van der Waals surface area contributed by atoms with Crippen LogP contribution in [0, 0.1) is 5.92 Å². The van der Waals surface area contributed by atoms with Gasteiger partial charge in [0.15, 0.2) is 0 Å². The van der Waals surface area contributed by atoms with E-state index in [2.05, 4.69) is 28.6 Å². The SMILES string of the molecule is O=C(NC[C@@H]1OCCc2cn(Cc3ccccn3)nc21)[C@@H]1CC=CCC1. The molecule has 2 atom stereocenters. The average Bonchev–Trinajstić information content (AvgIpc) is 3.10. The van der Waals surface area contributed by atoms with Gasteiger partial charge in [-0.25, -0.2) is 0 Å². The lowest BCUT2D eigenvalue weighted by molar-refractivity contribution is -0.126. The van der Waals surface area contributed by atoms with Gasteiger partial charge < -0.3 is 10.1 Å². The lowest BCUT2D eigenvalue weighted by Gasteiger charge is -2.24. The minimum absolute atomic E-state index is 0.0878. The van der Waals surface area contributed by atoms with Crippen LogP contribution in [0.25, 0.3) is 0 Å². The second-order valence-corrected chi connectivity index (χ2v) is 6.89. The van der Waals surface area contributed by atoms with Crippen LogP contribution >= 0.6 is 0 Å². The second kappa shape index (κ2) is 7.83. The van der Waals surface area contributed by atoms with Gasteiger partial charge in [0.2, 0.25) is 5.91 Å². The van der Waals surface area contributed by atoms with Gasteiger partial charge in [0.25, 0.3) is 0 Å². The quantitative estimate of drug-likeness (QED) is 0.839. The Morgan fingerprint density at radius 1 is 1.35 bits per heavy atom. The van der Waals surface area contributed by atoms with E-state index >= 15 is 0 Å². The molecule has 1 amide bonds. The van der Waals surface area contributed by atoms with E-state index in [4.69, 9.17) is 9.84 Å². The Balaban J connectivity index is 1.40. The number of fused-ring (bicyclic) bond motifs is 1. The summed E-state index contributed by atoms with van der Waals surface area (Å²) in [5.74, 6) is 0.211. The number of carbonyl (C=O) groups is 1. The standard InChI is InChI=1S/C20H24N4O2/c25-20(15-6-2-1-3-7-15)22-12-18-19-16(9-11-26-18)13-24(23-19)14-17-8-4-5-10-21-17/h1-2,4-5,8,10,13,15,18H,3,6-7,9,11-12,14H2,(H,22,25)/t15-,18+/m1/s1. The van der Waals surface area contributed by atoms with Crippen molar-refractivity contribution in [3.8, 4) is 0 Å². The summed E-state index contributed by atoms with van der Waals surface area (Å²) in [5.41, 5.74) is 3.12. The van der Waals surface area contributed by atoms with Crippen molar-refractivity contribution in [1.82, 2.24) is 20.1 Å². The first-order valence-corrected chi connectivity index (χ1v) is 9.30. The van der Waals surface area contributed by atoms with Crippen molar-refractivity contribution >= 4 is 5.91 Å². The predicted molar refractivity (Wildman–Crippen MR) is 97.5 cm³/mol. The predicted octanol–water partition coefficient (Wildman–Crippen LogP) is 2.41. The topological polar surface area (TPSA) is 69.0 Å². The highest BCUT2D eigenvalue weighted by Gasteiger charge is 2.26. The van der Waals surface area contributed by atoms with E-state index in [9.17, 15) is 4.79 Å². The Morgan fingerprint density at radius 2 is 2.31 bits per heavy atom. The number of hydrogen-bond acceptors (Lipinski definition) is 4. The fraction of sp³-hybridized carbons (Fsp3) is 0.450. The molecule has 0 bridgehead atoms. The summed E-state index contributed by atoms with van der Waals surface area (Å²) in [4.78, 5) is 16.7. The third kappa shape index (κ3) is 3.85. The molecule has 0 saturated heterocycles. The van der Waals surface area contributed by atoms with E-state index in [0.29, 0.717) is 19.7 Å². The number of rotatable bonds is 5. The average molecular weight is 352 g/mol. The molecule has 3 heterocycles. The Bertz CT molecular complexity index is 784. The van der Waals surface area contributed by atoms with Crippen LogP contribution in [0.4, 0.5) is 0 Å². The van der Waals surface area contributed by atoms with E-state index in [0.717, 1.165) is 37.1 Å². The van der Waals surface area contributed by atoms with Gasteiger partial charge in [-0.05, 0) is 43.4 Å². The second-order valence-electron chi connectivity index (χ2n) is 6.89. The maximum atomic E-state index is 12.4. The van der Waals surface area contributed by atoms with Gasteiger partial charge in [0.05, 0.1) is 24.5 Å². The highest BCUT2D eigenvalue weighted by Crippen LogP contribution is 2.26. The zero-order chi connectivity index (χ0) is 17.8. The maximum Gasteiger partial charge on any atom is 0.223 e. The molecular weight excluding hydrogens is 328 g/mol. The Hall–Kier alpha value is -2.47. The fourth-order valence-electron chi connectivity index (χ4n) is 3.59. The monoisotopic (exact) mass is 352 g/mol. The largest absolute Gasteiger partial charge is 0.370 e. The minimum atomic E-state index is -0.174. The number of hydrogen-bond donors (Lipinski definition) is 1. The van der Waals surface area contributed by atoms with Crippen molar-refractivity contribution in [2.45, 2.75) is 38.3 Å². The lowest BCUT2D eigenvalue weighted by Crippen LogP contribution is -2.36. The van der Waals surface area contributed by atoms with Gasteiger partial charge >= 0.3 is 0 Å². The van der Waals surface area contributed by atoms with Gasteiger partial charge in [-0.3, -0.25) is 14.5 Å². The van der Waals surface area contributed by atoms with Gasteiger partial charge in [0, 0.05) is 24.9 Å². The molecule has 0 radical (unpaired) electrons. The van der Waals surface area contributed by atoms with Gasteiger partial charge in [0.1, 0.15) is 6.10 Å². The van der Waals surface area contributed by atoms with Crippen LogP contribution in [0.3, 0.4) is 0 Å². The van der Waals surface area contributed by atoms with Crippen LogP contribution < -0.4 is 5.32 Å². The molecule has 4 rings (SSSR count). The molecule has 2 aromatic heterocycles. The number of amides is 1. The van der Waals surface area contributed by atoms with Crippen LogP contribution in [-0.2, 0) is 22.5 Å². The molecule has 0 fully saturated rings. The molecule has 0 unspecified atom stereocenters. The summed E-state index contributed by atoms with van der Waals surface area (Å²) in [6.45, 7) is 1.78. The molecule has 0 aromatic carbocycles. The number of ether oxygens (including phenoxy) is 1. The smallest absolute Gasteiger partial charge is 0.223 e. The molecule has 1 N–H and O–H groups in total. The van der Waals surface area contributed by atoms with Gasteiger partial charge in [-0.15, -0.1) is 0 Å². The van der Waals surface area contributed by atoms with Gasteiger partial charge in [-0.1, -0.05) is 18.2 Å². The molecule has 0 spiro atoms. The molecule has 0 saturated carbocycles. The molecule has 1 aliphatic heterocycles. The van der Waals surface area contributed by atoms with Gasteiger partial charge in [-0.2, -0.15) is 5.10 Å². The summed E-state index contributed by atoms with van der Waals surface area (Å²) in [6, 6.07) is 5.88. The zero-order valence-electron chi connectivity index (χ0n) is 14.8. The van der Waals surface area contributed by atoms with Crippen molar-refractivity contribution in [2.24, 2.45) is 5.92 Å². The van der Waals surface area contributed by atoms with Crippen molar-refractivity contribution in [3.05, 3.63) is 59.7 Å². The normalized spacial score (nSPS) is 22.0. The molecule has 26 heavy (non-hydrogen) atoms. The summed E-state index contributed by atoms with van der Waals surface area (Å²) in [7, 11) is 0. The number of nitrogens with zero attached hydrogens (tertiary/aromatic N) is 3. The minimum Gasteiger partial charge on any atom is -0.370 e. The van der Waals surface area contributed by atoms with Crippen molar-refractivity contribution < 1.29 is 9.53 Å². The lowest BCUT2D eigenvalue weighted by atomic mass is 9.93. The summed E-state index contributed by atoms with van der Waals surface area (Å²) in [6.07, 6.45) is 11.5. The molecule has 2 aliphatic rings. The van der Waals surface area contributed by atoms with Crippen LogP contribution in [0.1, 0.15) is 42.3 Å². The number of allylic oxidation sites excluding steroid dienone is 2. The summed E-state index contributed by atoms with van der Waals surface area (Å²) >= 11 is 0. The van der Waals surface area contributed by atoms with Crippen molar-refractivity contribution in [2.75, 3.05) is 13.2 Å². The Kier molecular flexibility index (Phi) is 5.11. The van der Waals surface area contributed by atoms with Crippen LogP contribution in [0.15, 0.2) is 42.7 Å². The third-order valence-electron chi connectivity index (χ3n) is 5.02. The molecule has 6 heteroatoms. The van der Waals surface area contributed by atoms with E-state index < -0.39 is 0 Å². The number of carbonyl (C=O) groups excluding carboxylic acids is 1. The number of aromatic nitrogens is 3. The van der Waals surface area contributed by atoms with Crippen LogP contribution in [-0.4, -0.2) is 33.8 Å². The zero-order valence-corrected chi connectivity index (χ0v) is 14.8. The highest BCUT2D eigenvalue weighted by atomic mass is 16.5. The number of pyridine rings is 1. The molecular formula is C20H24N4O2. The Morgan fingerprint density at radius 3 is 3.12 bits per heavy atom. The first-order chi connectivity index (χ1) is 12.8. The Labute approximate surface area is 153 Å². The first kappa shape index (κ1) is 17.0. The van der Waals surface area contributed by atoms with E-state index in [1.807, 2.05) is 22.9 Å². The molecule has 136 valence electrons.